The summed E-state index contributed by atoms with van der Waals surface area (Å²) in [6.07, 6.45) is 8.78. The van der Waals surface area contributed by atoms with Crippen LogP contribution in [0, 0.1) is 0 Å². The standard InChI is InChI=1S/C15H9ClN6S/c16-11-4-1-10(2-5-11)3-6-13-21-22-14(19-20-15(22)23-13)12-9-17-7-8-18-12/h1-9H/b6-3+. The van der Waals surface area contributed by atoms with Crippen molar-refractivity contribution in [1.82, 2.24) is 29.8 Å². The summed E-state index contributed by atoms with van der Waals surface area (Å²) in [4.78, 5) is 8.98. The lowest BCUT2D eigenvalue weighted by molar-refractivity contribution is 0.948. The van der Waals surface area contributed by atoms with Gasteiger partial charge in [-0.3, -0.25) is 4.98 Å². The average Bonchev–Trinajstić information content (AvgIpc) is 3.15. The van der Waals surface area contributed by atoms with Gasteiger partial charge < -0.3 is 0 Å². The van der Waals surface area contributed by atoms with Crippen molar-refractivity contribution in [1.29, 1.82) is 0 Å². The number of hydrogen-bond acceptors (Lipinski definition) is 6. The van der Waals surface area contributed by atoms with E-state index in [0.717, 1.165) is 15.6 Å². The highest BCUT2D eigenvalue weighted by atomic mass is 35.5. The molecule has 0 fully saturated rings. The van der Waals surface area contributed by atoms with Gasteiger partial charge in [0.05, 0.1) is 6.20 Å². The molecular weight excluding hydrogens is 332 g/mol. The van der Waals surface area contributed by atoms with Crippen LogP contribution >= 0.6 is 22.9 Å². The minimum atomic E-state index is 0.579. The predicted molar refractivity (Wildman–Crippen MR) is 90.1 cm³/mol. The molecule has 3 aromatic heterocycles. The molecule has 0 amide bonds. The van der Waals surface area contributed by atoms with Gasteiger partial charge >= 0.3 is 0 Å². The molecule has 0 spiro atoms. The fourth-order valence-electron chi connectivity index (χ4n) is 2.01. The topological polar surface area (TPSA) is 68.9 Å². The van der Waals surface area contributed by atoms with Gasteiger partial charge in [0.15, 0.2) is 0 Å². The first-order valence-electron chi connectivity index (χ1n) is 6.72. The lowest BCUT2D eigenvalue weighted by Crippen LogP contribution is -1.93. The SMILES string of the molecule is Clc1ccc(/C=C/c2nn3c(-c4cnccn4)nnc3s2)cc1. The first-order chi connectivity index (χ1) is 11.3. The third-order valence-corrected chi connectivity index (χ3v) is 4.20. The van der Waals surface area contributed by atoms with Crippen molar-refractivity contribution >= 4 is 40.1 Å². The quantitative estimate of drug-likeness (QED) is 0.571. The first kappa shape index (κ1) is 14.0. The van der Waals surface area contributed by atoms with Crippen LogP contribution in [0.15, 0.2) is 42.9 Å². The van der Waals surface area contributed by atoms with E-state index < -0.39 is 0 Å². The van der Waals surface area contributed by atoms with E-state index in [1.54, 1.807) is 23.1 Å². The van der Waals surface area contributed by atoms with Crippen LogP contribution in [-0.2, 0) is 0 Å². The first-order valence-corrected chi connectivity index (χ1v) is 7.91. The van der Waals surface area contributed by atoms with Crippen molar-refractivity contribution in [2.75, 3.05) is 0 Å². The molecular formula is C15H9ClN6S. The summed E-state index contributed by atoms with van der Waals surface area (Å²) in [6, 6.07) is 7.60. The molecule has 0 N–H and O–H groups in total. The molecule has 8 heteroatoms. The second-order valence-corrected chi connectivity index (χ2v) is 6.06. The Morgan fingerprint density at radius 2 is 1.91 bits per heavy atom. The minimum Gasteiger partial charge on any atom is -0.261 e. The molecule has 0 bridgehead atoms. The molecule has 0 unspecified atom stereocenters. The van der Waals surface area contributed by atoms with Crippen LogP contribution in [0.5, 0.6) is 0 Å². The molecule has 0 aliphatic carbocycles. The summed E-state index contributed by atoms with van der Waals surface area (Å²) in [7, 11) is 0. The van der Waals surface area contributed by atoms with Gasteiger partial charge in [-0.1, -0.05) is 41.1 Å². The highest BCUT2D eigenvalue weighted by molar-refractivity contribution is 7.17. The Hall–Kier alpha value is -2.64. The molecule has 3 heterocycles. The van der Waals surface area contributed by atoms with Crippen LogP contribution in [0.1, 0.15) is 10.6 Å². The fraction of sp³-hybridized carbons (Fsp3) is 0. The maximum absolute atomic E-state index is 5.88. The Labute approximate surface area is 140 Å². The molecule has 0 saturated heterocycles. The molecule has 112 valence electrons. The summed E-state index contributed by atoms with van der Waals surface area (Å²) in [5.41, 5.74) is 1.69. The third kappa shape index (κ3) is 2.84. The van der Waals surface area contributed by atoms with Crippen molar-refractivity contribution in [3.05, 3.63) is 58.4 Å². The lowest BCUT2D eigenvalue weighted by Gasteiger charge is -1.93. The normalized spacial score (nSPS) is 11.5. The van der Waals surface area contributed by atoms with E-state index in [0.29, 0.717) is 16.5 Å². The van der Waals surface area contributed by atoms with E-state index >= 15 is 0 Å². The zero-order valence-electron chi connectivity index (χ0n) is 11.7. The Bertz CT molecular complexity index is 974. The van der Waals surface area contributed by atoms with Crippen molar-refractivity contribution in [3.8, 4) is 11.5 Å². The second-order valence-electron chi connectivity index (χ2n) is 4.63. The average molecular weight is 341 g/mol. The highest BCUT2D eigenvalue weighted by Gasteiger charge is 2.13. The molecule has 0 radical (unpaired) electrons. The number of halogens is 1. The second kappa shape index (κ2) is 5.86. The van der Waals surface area contributed by atoms with Crippen LogP contribution < -0.4 is 0 Å². The summed E-state index contributed by atoms with van der Waals surface area (Å²) in [5.74, 6) is 0.579. The Balaban J connectivity index is 1.67. The number of nitrogens with zero attached hydrogens (tertiary/aromatic N) is 6. The van der Waals surface area contributed by atoms with Crippen LogP contribution in [0.2, 0.25) is 5.02 Å². The number of hydrogen-bond donors (Lipinski definition) is 0. The smallest absolute Gasteiger partial charge is 0.235 e. The van der Waals surface area contributed by atoms with Crippen molar-refractivity contribution < 1.29 is 0 Å². The van der Waals surface area contributed by atoms with Gasteiger partial charge in [-0.15, -0.1) is 10.2 Å². The van der Waals surface area contributed by atoms with E-state index in [2.05, 4.69) is 25.3 Å². The monoisotopic (exact) mass is 340 g/mol. The van der Waals surface area contributed by atoms with E-state index in [1.165, 1.54) is 11.3 Å². The van der Waals surface area contributed by atoms with Crippen molar-refractivity contribution in [2.24, 2.45) is 0 Å². The van der Waals surface area contributed by atoms with Gasteiger partial charge in [0.25, 0.3) is 0 Å². The Kier molecular flexibility index (Phi) is 3.57. The van der Waals surface area contributed by atoms with Gasteiger partial charge in [0.2, 0.25) is 10.8 Å². The lowest BCUT2D eigenvalue weighted by atomic mass is 10.2. The van der Waals surface area contributed by atoms with Crippen LogP contribution in [0.4, 0.5) is 0 Å². The minimum absolute atomic E-state index is 0.579. The Morgan fingerprint density at radius 3 is 2.70 bits per heavy atom. The molecule has 0 aliphatic rings. The van der Waals surface area contributed by atoms with Gasteiger partial charge in [0.1, 0.15) is 10.7 Å². The van der Waals surface area contributed by atoms with E-state index in [9.17, 15) is 0 Å². The van der Waals surface area contributed by atoms with Crippen LogP contribution in [0.25, 0.3) is 28.6 Å². The number of fused-ring (bicyclic) bond motifs is 1. The molecule has 4 aromatic rings. The summed E-state index contributed by atoms with van der Waals surface area (Å²) < 4.78 is 1.68. The maximum Gasteiger partial charge on any atom is 0.235 e. The summed E-state index contributed by atoms with van der Waals surface area (Å²) in [5, 5.41) is 14.3. The fourth-order valence-corrected chi connectivity index (χ4v) is 2.88. The predicted octanol–water partition coefficient (Wildman–Crippen LogP) is 3.47. The van der Waals surface area contributed by atoms with E-state index in [1.807, 2.05) is 36.4 Å². The van der Waals surface area contributed by atoms with Gasteiger partial charge in [0, 0.05) is 17.4 Å². The van der Waals surface area contributed by atoms with E-state index in [4.69, 9.17) is 11.6 Å². The molecule has 6 nitrogen and oxygen atoms in total. The molecule has 23 heavy (non-hydrogen) atoms. The zero-order valence-corrected chi connectivity index (χ0v) is 13.2. The van der Waals surface area contributed by atoms with Gasteiger partial charge in [-0.05, 0) is 23.8 Å². The van der Waals surface area contributed by atoms with Crippen LogP contribution in [0.3, 0.4) is 0 Å². The maximum atomic E-state index is 5.88. The third-order valence-electron chi connectivity index (χ3n) is 3.09. The summed E-state index contributed by atoms with van der Waals surface area (Å²) >= 11 is 7.33. The molecule has 0 saturated carbocycles. The summed E-state index contributed by atoms with van der Waals surface area (Å²) in [6.45, 7) is 0. The molecule has 0 aliphatic heterocycles. The van der Waals surface area contributed by atoms with Gasteiger partial charge in [-0.25, -0.2) is 4.98 Å². The van der Waals surface area contributed by atoms with E-state index in [-0.39, 0.29) is 0 Å². The van der Waals surface area contributed by atoms with Gasteiger partial charge in [-0.2, -0.15) is 9.61 Å². The van der Waals surface area contributed by atoms with Crippen molar-refractivity contribution in [3.63, 3.8) is 0 Å². The number of aromatic nitrogens is 6. The number of rotatable bonds is 3. The van der Waals surface area contributed by atoms with Crippen LogP contribution in [-0.4, -0.2) is 29.8 Å². The molecule has 4 rings (SSSR count). The zero-order chi connectivity index (χ0) is 15.6. The highest BCUT2D eigenvalue weighted by Crippen LogP contribution is 2.21. The molecule has 0 atom stereocenters. The van der Waals surface area contributed by atoms with Crippen molar-refractivity contribution in [2.45, 2.75) is 0 Å². The Morgan fingerprint density at radius 1 is 1.04 bits per heavy atom. The number of benzene rings is 1. The molecule has 1 aromatic carbocycles. The largest absolute Gasteiger partial charge is 0.261 e.